The molecule has 5 rings (SSSR count). The number of benzene rings is 2. The van der Waals surface area contributed by atoms with Gasteiger partial charge in [-0.1, -0.05) is 36.4 Å². The van der Waals surface area contributed by atoms with Gasteiger partial charge < -0.3 is 14.4 Å². The lowest BCUT2D eigenvalue weighted by molar-refractivity contribution is -0.131. The lowest BCUT2D eigenvalue weighted by Crippen LogP contribution is -2.52. The molecule has 7 heteroatoms. The van der Waals surface area contributed by atoms with Crippen LogP contribution in [0.15, 0.2) is 60.7 Å². The first-order valence-electron chi connectivity index (χ1n) is 11.2. The molecule has 0 radical (unpaired) electrons. The smallest absolute Gasteiger partial charge is 0.263 e. The minimum absolute atomic E-state index is 0.194. The first-order chi connectivity index (χ1) is 16.0. The molecule has 0 unspecified atom stereocenters. The molecule has 0 spiro atoms. The largest absolute Gasteiger partial charge is 0.368 e. The molecule has 0 aliphatic carbocycles. The molecule has 1 saturated heterocycles. The number of nitrogens with zero attached hydrogens (tertiary/aromatic N) is 4. The van der Waals surface area contributed by atoms with Gasteiger partial charge in [0.2, 0.25) is 5.91 Å². The summed E-state index contributed by atoms with van der Waals surface area (Å²) in [5, 5.41) is 0. The average molecular weight is 443 g/mol. The van der Waals surface area contributed by atoms with Gasteiger partial charge in [0, 0.05) is 48.9 Å². The first-order valence-corrected chi connectivity index (χ1v) is 11.2. The minimum atomic E-state index is -0.387. The zero-order valence-corrected chi connectivity index (χ0v) is 18.8. The van der Waals surface area contributed by atoms with Gasteiger partial charge in [-0.05, 0) is 38.1 Å². The van der Waals surface area contributed by atoms with Crippen molar-refractivity contribution in [2.75, 3.05) is 37.6 Å². The summed E-state index contributed by atoms with van der Waals surface area (Å²) in [5.74, 6) is -0.969. The Morgan fingerprint density at radius 3 is 1.73 bits per heavy atom. The van der Waals surface area contributed by atoms with Crippen LogP contribution in [0.25, 0.3) is 5.69 Å². The number of hydrogen-bond donors (Lipinski definition) is 0. The molecule has 0 atom stereocenters. The van der Waals surface area contributed by atoms with Gasteiger partial charge in [-0.3, -0.25) is 19.3 Å². The highest BCUT2D eigenvalue weighted by molar-refractivity contribution is 6.23. The molecular weight excluding hydrogens is 416 g/mol. The summed E-state index contributed by atoms with van der Waals surface area (Å²) in [6, 6.07) is 19.8. The first kappa shape index (κ1) is 21.0. The standard InChI is InChI=1S/C26H26N4O3/c1-18-23-24(19(2)30(18)21-11-7-4-8-12-21)26(33)29(25(23)32)17-22(31)28-15-13-27(14-16-28)20-9-5-3-6-10-20/h3-12H,13-17H2,1-2H3. The van der Waals surface area contributed by atoms with Gasteiger partial charge >= 0.3 is 0 Å². The van der Waals surface area contributed by atoms with Crippen LogP contribution < -0.4 is 4.90 Å². The number of fused-ring (bicyclic) bond motifs is 1. The molecule has 3 amide bonds. The molecule has 33 heavy (non-hydrogen) atoms. The number of carbonyl (C=O) groups excluding carboxylic acids is 3. The Kier molecular flexibility index (Phi) is 5.24. The monoisotopic (exact) mass is 442 g/mol. The predicted molar refractivity (Wildman–Crippen MR) is 126 cm³/mol. The van der Waals surface area contributed by atoms with Crippen LogP contribution in [0.4, 0.5) is 5.69 Å². The molecule has 0 bridgehead atoms. The predicted octanol–water partition coefficient (Wildman–Crippen LogP) is 3.04. The summed E-state index contributed by atoms with van der Waals surface area (Å²) in [4.78, 5) is 44.4. The van der Waals surface area contributed by atoms with E-state index >= 15 is 0 Å². The molecule has 3 aromatic rings. The van der Waals surface area contributed by atoms with Crippen molar-refractivity contribution in [1.82, 2.24) is 14.4 Å². The second-order valence-electron chi connectivity index (χ2n) is 8.49. The highest BCUT2D eigenvalue weighted by Gasteiger charge is 2.42. The Hall–Kier alpha value is -3.87. The van der Waals surface area contributed by atoms with Crippen LogP contribution >= 0.6 is 0 Å². The van der Waals surface area contributed by atoms with E-state index in [0.29, 0.717) is 24.2 Å². The summed E-state index contributed by atoms with van der Waals surface area (Å²) in [7, 11) is 0. The number of carbonyl (C=O) groups is 3. The quantitative estimate of drug-likeness (QED) is 0.583. The molecular formula is C26H26N4O3. The van der Waals surface area contributed by atoms with E-state index in [-0.39, 0.29) is 24.3 Å². The normalized spacial score (nSPS) is 15.9. The molecule has 1 fully saturated rings. The van der Waals surface area contributed by atoms with Crippen molar-refractivity contribution in [1.29, 1.82) is 0 Å². The van der Waals surface area contributed by atoms with Crippen LogP contribution in [0.1, 0.15) is 32.1 Å². The van der Waals surface area contributed by atoms with Gasteiger partial charge in [-0.2, -0.15) is 0 Å². The van der Waals surface area contributed by atoms with E-state index in [1.54, 1.807) is 4.90 Å². The van der Waals surface area contributed by atoms with Crippen LogP contribution in [0, 0.1) is 13.8 Å². The second-order valence-corrected chi connectivity index (χ2v) is 8.49. The van der Waals surface area contributed by atoms with E-state index in [1.807, 2.05) is 66.9 Å². The van der Waals surface area contributed by atoms with E-state index in [9.17, 15) is 14.4 Å². The number of aromatic nitrogens is 1. The number of piperazine rings is 1. The number of anilines is 1. The topological polar surface area (TPSA) is 65.9 Å². The van der Waals surface area contributed by atoms with Crippen molar-refractivity contribution >= 4 is 23.4 Å². The fourth-order valence-corrected chi connectivity index (χ4v) is 4.92. The SMILES string of the molecule is Cc1c2c(c(C)n1-c1ccccc1)C(=O)N(CC(=O)N1CCN(c3ccccc3)CC1)C2=O. The third-order valence-electron chi connectivity index (χ3n) is 6.62. The number of amides is 3. The average Bonchev–Trinajstić information content (AvgIpc) is 3.26. The zero-order chi connectivity index (χ0) is 23.1. The fourth-order valence-electron chi connectivity index (χ4n) is 4.92. The maximum Gasteiger partial charge on any atom is 0.263 e. The molecule has 0 saturated carbocycles. The number of imide groups is 1. The van der Waals surface area contributed by atoms with Crippen molar-refractivity contribution < 1.29 is 14.4 Å². The summed E-state index contributed by atoms with van der Waals surface area (Å²) in [5.41, 5.74) is 4.29. The number of rotatable bonds is 4. The van der Waals surface area contributed by atoms with Crippen LogP contribution in [0.5, 0.6) is 0 Å². The Morgan fingerprint density at radius 1 is 0.727 bits per heavy atom. The van der Waals surface area contributed by atoms with Crippen molar-refractivity contribution in [2.24, 2.45) is 0 Å². The van der Waals surface area contributed by atoms with E-state index in [0.717, 1.165) is 40.8 Å². The Bertz CT molecular complexity index is 1190. The lowest BCUT2D eigenvalue weighted by Gasteiger charge is -2.36. The fraction of sp³-hybridized carbons (Fsp3) is 0.269. The molecule has 7 nitrogen and oxygen atoms in total. The second kappa shape index (κ2) is 8.24. The molecule has 1 aromatic heterocycles. The molecule has 0 N–H and O–H groups in total. The van der Waals surface area contributed by atoms with Gasteiger partial charge in [0.15, 0.2) is 0 Å². The number of hydrogen-bond acceptors (Lipinski definition) is 4. The molecule has 3 heterocycles. The van der Waals surface area contributed by atoms with Crippen molar-refractivity contribution in [3.8, 4) is 5.69 Å². The third-order valence-corrected chi connectivity index (χ3v) is 6.62. The molecule has 2 aliphatic heterocycles. The Labute approximate surface area is 192 Å². The van der Waals surface area contributed by atoms with E-state index in [4.69, 9.17) is 0 Å². The maximum absolute atomic E-state index is 13.2. The maximum atomic E-state index is 13.2. The van der Waals surface area contributed by atoms with Crippen LogP contribution in [-0.4, -0.2) is 64.8 Å². The minimum Gasteiger partial charge on any atom is -0.368 e. The van der Waals surface area contributed by atoms with Gasteiger partial charge in [0.1, 0.15) is 6.54 Å². The van der Waals surface area contributed by atoms with Gasteiger partial charge in [0.25, 0.3) is 11.8 Å². The molecule has 2 aromatic carbocycles. The van der Waals surface area contributed by atoms with Crippen molar-refractivity contribution in [2.45, 2.75) is 13.8 Å². The van der Waals surface area contributed by atoms with E-state index in [2.05, 4.69) is 17.0 Å². The van der Waals surface area contributed by atoms with Crippen LogP contribution in [-0.2, 0) is 4.79 Å². The van der Waals surface area contributed by atoms with Crippen LogP contribution in [0.3, 0.4) is 0 Å². The lowest BCUT2D eigenvalue weighted by atomic mass is 10.1. The van der Waals surface area contributed by atoms with Gasteiger partial charge in [-0.25, -0.2) is 0 Å². The summed E-state index contributed by atoms with van der Waals surface area (Å²) >= 11 is 0. The highest BCUT2D eigenvalue weighted by atomic mass is 16.2. The summed E-state index contributed by atoms with van der Waals surface area (Å²) in [6.07, 6.45) is 0. The van der Waals surface area contributed by atoms with Crippen LogP contribution in [0.2, 0.25) is 0 Å². The highest BCUT2D eigenvalue weighted by Crippen LogP contribution is 2.33. The van der Waals surface area contributed by atoms with Gasteiger partial charge in [-0.15, -0.1) is 0 Å². The summed E-state index contributed by atoms with van der Waals surface area (Å²) in [6.45, 7) is 6.04. The van der Waals surface area contributed by atoms with E-state index < -0.39 is 0 Å². The molecule has 168 valence electrons. The zero-order valence-electron chi connectivity index (χ0n) is 18.8. The van der Waals surface area contributed by atoms with Gasteiger partial charge in [0.05, 0.1) is 11.1 Å². The Balaban J connectivity index is 1.30. The molecule has 2 aliphatic rings. The van der Waals surface area contributed by atoms with Crippen molar-refractivity contribution in [3.05, 3.63) is 83.2 Å². The third kappa shape index (κ3) is 3.50. The number of para-hydroxylation sites is 2. The Morgan fingerprint density at radius 2 is 1.21 bits per heavy atom. The van der Waals surface area contributed by atoms with Crippen molar-refractivity contribution in [3.63, 3.8) is 0 Å². The van der Waals surface area contributed by atoms with E-state index in [1.165, 1.54) is 0 Å². The summed E-state index contributed by atoms with van der Waals surface area (Å²) < 4.78 is 1.93.